The fraction of sp³-hybridized carbons (Fsp3) is 0.240. The molecule has 0 atom stereocenters. The molecule has 0 saturated heterocycles. The average molecular weight is 528 g/mol. The highest BCUT2D eigenvalue weighted by molar-refractivity contribution is 7.99. The van der Waals surface area contributed by atoms with Crippen LogP contribution in [0.1, 0.15) is 40.4 Å². The number of anilines is 1. The molecular weight excluding hydrogens is 502 g/mol. The number of thioether (sulfide) groups is 1. The lowest BCUT2D eigenvalue weighted by Gasteiger charge is -2.10. The molecule has 188 valence electrons. The fourth-order valence-corrected chi connectivity index (χ4v) is 4.09. The summed E-state index contributed by atoms with van der Waals surface area (Å²) in [4.78, 5) is 37.1. The van der Waals surface area contributed by atoms with Crippen LogP contribution in [0.2, 0.25) is 5.02 Å². The zero-order chi connectivity index (χ0) is 26.1. The third-order valence-corrected chi connectivity index (χ3v) is 5.98. The number of aromatic nitrogens is 3. The molecule has 36 heavy (non-hydrogen) atoms. The maximum absolute atomic E-state index is 12.5. The van der Waals surface area contributed by atoms with Gasteiger partial charge < -0.3 is 19.9 Å². The largest absolute Gasteiger partial charge is 0.459 e. The van der Waals surface area contributed by atoms with E-state index in [9.17, 15) is 14.4 Å². The van der Waals surface area contributed by atoms with Crippen molar-refractivity contribution < 1.29 is 19.1 Å². The molecule has 3 rings (SSSR count). The van der Waals surface area contributed by atoms with E-state index < -0.39 is 5.97 Å². The molecule has 2 aromatic carbocycles. The van der Waals surface area contributed by atoms with Crippen LogP contribution in [-0.2, 0) is 22.6 Å². The molecule has 11 heteroatoms. The molecule has 0 aliphatic heterocycles. The molecule has 9 nitrogen and oxygen atoms in total. The number of benzene rings is 2. The van der Waals surface area contributed by atoms with Crippen LogP contribution in [-0.4, -0.2) is 44.4 Å². The molecule has 0 aliphatic rings. The first-order valence-electron chi connectivity index (χ1n) is 11.1. The standard InChI is InChI=1S/C25H26ClN5O4S/c1-4-12-31-21(14-27-23(33)19-10-5-6-11-20(19)26)29-30-25(31)36-15-22(32)28-18-9-7-8-17(13-18)24(34)35-16(2)3/h4-11,13,16H,1,12,14-15H2,2-3H3,(H,27,33)(H,28,32). The fourth-order valence-electron chi connectivity index (χ4n) is 3.10. The van der Waals surface area contributed by atoms with Crippen LogP contribution in [0, 0.1) is 0 Å². The van der Waals surface area contributed by atoms with E-state index in [0.29, 0.717) is 39.4 Å². The van der Waals surface area contributed by atoms with Gasteiger partial charge in [0.15, 0.2) is 11.0 Å². The monoisotopic (exact) mass is 527 g/mol. The van der Waals surface area contributed by atoms with Gasteiger partial charge in [0.05, 0.1) is 34.6 Å². The van der Waals surface area contributed by atoms with Gasteiger partial charge in [-0.25, -0.2) is 4.79 Å². The van der Waals surface area contributed by atoms with Crippen LogP contribution < -0.4 is 10.6 Å². The maximum atomic E-state index is 12.5. The molecule has 2 N–H and O–H groups in total. The van der Waals surface area contributed by atoms with Crippen molar-refractivity contribution >= 4 is 46.8 Å². The first kappa shape index (κ1) is 27.0. The van der Waals surface area contributed by atoms with Crippen molar-refractivity contribution in [2.45, 2.75) is 38.2 Å². The SMILES string of the molecule is C=CCn1c(CNC(=O)c2ccccc2Cl)nnc1SCC(=O)Nc1cccc(C(=O)OC(C)C)c1. The summed E-state index contributed by atoms with van der Waals surface area (Å²) in [7, 11) is 0. The Morgan fingerprint density at radius 3 is 2.67 bits per heavy atom. The zero-order valence-corrected chi connectivity index (χ0v) is 21.4. The number of hydrogen-bond donors (Lipinski definition) is 2. The molecule has 2 amide bonds. The van der Waals surface area contributed by atoms with E-state index in [1.807, 2.05) is 0 Å². The van der Waals surface area contributed by atoms with Crippen LogP contribution in [0.5, 0.6) is 0 Å². The van der Waals surface area contributed by atoms with Crippen LogP contribution in [0.15, 0.2) is 66.3 Å². The van der Waals surface area contributed by atoms with Crippen LogP contribution in [0.4, 0.5) is 5.69 Å². The van der Waals surface area contributed by atoms with Gasteiger partial charge in [-0.15, -0.1) is 16.8 Å². The lowest BCUT2D eigenvalue weighted by molar-refractivity contribution is -0.113. The summed E-state index contributed by atoms with van der Waals surface area (Å²) in [6.45, 7) is 7.81. The highest BCUT2D eigenvalue weighted by atomic mass is 35.5. The molecular formula is C25H26ClN5O4S. The van der Waals surface area contributed by atoms with Gasteiger partial charge >= 0.3 is 5.97 Å². The lowest BCUT2D eigenvalue weighted by atomic mass is 10.2. The second kappa shape index (κ2) is 12.9. The molecule has 0 saturated carbocycles. The van der Waals surface area contributed by atoms with E-state index in [1.165, 1.54) is 11.8 Å². The average Bonchev–Trinajstić information content (AvgIpc) is 3.23. The third-order valence-electron chi connectivity index (χ3n) is 4.69. The van der Waals surface area contributed by atoms with E-state index in [1.54, 1.807) is 73.0 Å². The highest BCUT2D eigenvalue weighted by Gasteiger charge is 2.16. The number of halogens is 1. The van der Waals surface area contributed by atoms with Gasteiger partial charge in [0, 0.05) is 12.2 Å². The van der Waals surface area contributed by atoms with Gasteiger partial charge in [0.1, 0.15) is 0 Å². The Morgan fingerprint density at radius 2 is 1.94 bits per heavy atom. The van der Waals surface area contributed by atoms with Gasteiger partial charge in [-0.3, -0.25) is 9.59 Å². The summed E-state index contributed by atoms with van der Waals surface area (Å²) in [5.74, 6) is -0.503. The second-order valence-electron chi connectivity index (χ2n) is 7.83. The van der Waals surface area contributed by atoms with Crippen molar-refractivity contribution in [1.29, 1.82) is 0 Å². The van der Waals surface area contributed by atoms with E-state index in [4.69, 9.17) is 16.3 Å². The quantitative estimate of drug-likeness (QED) is 0.216. The number of ether oxygens (including phenoxy) is 1. The first-order chi connectivity index (χ1) is 17.3. The minimum Gasteiger partial charge on any atom is -0.459 e. The molecule has 1 heterocycles. The Hall–Kier alpha value is -3.63. The Labute approximate surface area is 218 Å². The molecule has 0 fully saturated rings. The van der Waals surface area contributed by atoms with Gasteiger partial charge in [0.25, 0.3) is 5.91 Å². The van der Waals surface area contributed by atoms with Crippen molar-refractivity contribution in [3.8, 4) is 0 Å². The van der Waals surface area contributed by atoms with Crippen molar-refractivity contribution in [2.24, 2.45) is 0 Å². The summed E-state index contributed by atoms with van der Waals surface area (Å²) in [6, 6.07) is 13.3. The number of carbonyl (C=O) groups excluding carboxylic acids is 3. The van der Waals surface area contributed by atoms with Gasteiger partial charge in [-0.1, -0.05) is 47.6 Å². The Kier molecular flexibility index (Phi) is 9.66. The topological polar surface area (TPSA) is 115 Å². The van der Waals surface area contributed by atoms with Crippen LogP contribution in [0.25, 0.3) is 0 Å². The van der Waals surface area contributed by atoms with Crippen LogP contribution in [0.3, 0.4) is 0 Å². The lowest BCUT2D eigenvalue weighted by Crippen LogP contribution is -2.25. The number of nitrogens with zero attached hydrogens (tertiary/aromatic N) is 3. The van der Waals surface area contributed by atoms with Crippen molar-refractivity contribution in [3.05, 3.63) is 83.2 Å². The van der Waals surface area contributed by atoms with E-state index in [-0.39, 0.29) is 30.2 Å². The third kappa shape index (κ3) is 7.43. The summed E-state index contributed by atoms with van der Waals surface area (Å²) in [5.41, 5.74) is 1.19. The maximum Gasteiger partial charge on any atom is 0.338 e. The number of esters is 1. The van der Waals surface area contributed by atoms with Crippen molar-refractivity contribution in [3.63, 3.8) is 0 Å². The van der Waals surface area contributed by atoms with E-state index >= 15 is 0 Å². The van der Waals surface area contributed by atoms with E-state index in [0.717, 1.165) is 0 Å². The van der Waals surface area contributed by atoms with Crippen molar-refractivity contribution in [1.82, 2.24) is 20.1 Å². The Balaban J connectivity index is 1.60. The molecule has 0 unspecified atom stereocenters. The number of nitrogens with one attached hydrogen (secondary N) is 2. The minimum absolute atomic E-state index is 0.0575. The smallest absolute Gasteiger partial charge is 0.338 e. The molecule has 3 aromatic rings. The number of rotatable bonds is 11. The second-order valence-corrected chi connectivity index (χ2v) is 9.18. The number of hydrogen-bond acceptors (Lipinski definition) is 7. The molecule has 0 spiro atoms. The number of amides is 2. The normalized spacial score (nSPS) is 10.7. The van der Waals surface area contributed by atoms with Crippen LogP contribution >= 0.6 is 23.4 Å². The minimum atomic E-state index is -0.456. The van der Waals surface area contributed by atoms with Gasteiger partial charge in [-0.2, -0.15) is 0 Å². The molecule has 0 radical (unpaired) electrons. The predicted octanol–water partition coefficient (Wildman–Crippen LogP) is 4.34. The van der Waals surface area contributed by atoms with E-state index in [2.05, 4.69) is 27.4 Å². The first-order valence-corrected chi connectivity index (χ1v) is 12.4. The summed E-state index contributed by atoms with van der Waals surface area (Å²) < 4.78 is 6.96. The zero-order valence-electron chi connectivity index (χ0n) is 19.9. The Morgan fingerprint density at radius 1 is 1.17 bits per heavy atom. The van der Waals surface area contributed by atoms with Gasteiger partial charge in [-0.05, 0) is 44.2 Å². The molecule has 1 aromatic heterocycles. The summed E-state index contributed by atoms with van der Waals surface area (Å²) >= 11 is 7.28. The molecule has 0 aliphatic carbocycles. The number of allylic oxidation sites excluding steroid dienone is 1. The number of carbonyl (C=O) groups is 3. The van der Waals surface area contributed by atoms with Crippen molar-refractivity contribution in [2.75, 3.05) is 11.1 Å². The summed E-state index contributed by atoms with van der Waals surface area (Å²) in [5, 5.41) is 14.7. The summed E-state index contributed by atoms with van der Waals surface area (Å²) in [6.07, 6.45) is 1.43. The highest BCUT2D eigenvalue weighted by Crippen LogP contribution is 2.19. The molecule has 0 bridgehead atoms. The Bertz CT molecular complexity index is 1260. The van der Waals surface area contributed by atoms with Gasteiger partial charge in [0.2, 0.25) is 5.91 Å². The predicted molar refractivity (Wildman–Crippen MR) is 139 cm³/mol.